The molecule has 0 aliphatic carbocycles. The van der Waals surface area contributed by atoms with E-state index in [0.29, 0.717) is 17.9 Å². The molecule has 0 amide bonds. The van der Waals surface area contributed by atoms with Gasteiger partial charge in [0.1, 0.15) is 5.75 Å². The van der Waals surface area contributed by atoms with Gasteiger partial charge in [-0.2, -0.15) is 0 Å². The summed E-state index contributed by atoms with van der Waals surface area (Å²) in [5, 5.41) is 0. The van der Waals surface area contributed by atoms with E-state index in [2.05, 4.69) is 0 Å². The van der Waals surface area contributed by atoms with Crippen molar-refractivity contribution in [2.75, 3.05) is 20.3 Å². The zero-order valence-electron chi connectivity index (χ0n) is 9.86. The second-order valence-electron chi connectivity index (χ2n) is 3.60. The fourth-order valence-corrected chi connectivity index (χ4v) is 1.41. The Kier molecular flexibility index (Phi) is 5.57. The van der Waals surface area contributed by atoms with Crippen molar-refractivity contribution in [2.45, 2.75) is 19.8 Å². The quantitative estimate of drug-likeness (QED) is 0.525. The summed E-state index contributed by atoms with van der Waals surface area (Å²) >= 11 is 0. The normalized spacial score (nSPS) is 10.1. The number of benzene rings is 1. The van der Waals surface area contributed by atoms with Gasteiger partial charge in [0.2, 0.25) is 0 Å². The van der Waals surface area contributed by atoms with Crippen molar-refractivity contribution in [3.8, 4) is 5.75 Å². The summed E-state index contributed by atoms with van der Waals surface area (Å²) in [6, 6.07) is 7.32. The number of carbonyl (C=O) groups excluding carboxylic acids is 1. The highest BCUT2D eigenvalue weighted by atomic mass is 16.5. The molecule has 3 heteroatoms. The molecule has 0 aliphatic heterocycles. The lowest BCUT2D eigenvalue weighted by Gasteiger charge is -2.09. The maximum absolute atomic E-state index is 11.3. The van der Waals surface area contributed by atoms with Gasteiger partial charge in [-0.15, -0.1) is 0 Å². The smallest absolute Gasteiger partial charge is 0.163 e. The van der Waals surface area contributed by atoms with E-state index in [4.69, 9.17) is 9.47 Å². The van der Waals surface area contributed by atoms with Gasteiger partial charge in [-0.05, 0) is 31.9 Å². The van der Waals surface area contributed by atoms with Gasteiger partial charge in [0.05, 0.1) is 12.2 Å². The second-order valence-corrected chi connectivity index (χ2v) is 3.60. The minimum absolute atomic E-state index is 0.0347. The molecule has 0 N–H and O–H groups in total. The standard InChI is InChI=1S/C13H18O3/c1-11(14)12-7-3-4-8-13(12)16-10-6-5-9-15-2/h3-4,7-8H,5-6,9-10H2,1-2H3. The maximum Gasteiger partial charge on any atom is 0.163 e. The number of ether oxygens (including phenoxy) is 2. The fourth-order valence-electron chi connectivity index (χ4n) is 1.41. The predicted octanol–water partition coefficient (Wildman–Crippen LogP) is 2.69. The predicted molar refractivity (Wildman–Crippen MR) is 63.1 cm³/mol. The van der Waals surface area contributed by atoms with E-state index in [0.717, 1.165) is 19.4 Å². The Morgan fingerprint density at radius 3 is 2.56 bits per heavy atom. The number of para-hydroxylation sites is 1. The molecule has 1 aromatic carbocycles. The highest BCUT2D eigenvalue weighted by Crippen LogP contribution is 2.18. The molecule has 0 saturated carbocycles. The molecule has 0 fully saturated rings. The molecule has 0 saturated heterocycles. The zero-order chi connectivity index (χ0) is 11.8. The van der Waals surface area contributed by atoms with Crippen LogP contribution in [0.3, 0.4) is 0 Å². The summed E-state index contributed by atoms with van der Waals surface area (Å²) in [6.45, 7) is 2.92. The van der Waals surface area contributed by atoms with Crippen molar-refractivity contribution < 1.29 is 14.3 Å². The van der Waals surface area contributed by atoms with E-state index in [1.807, 2.05) is 18.2 Å². The van der Waals surface area contributed by atoms with E-state index >= 15 is 0 Å². The molecule has 0 radical (unpaired) electrons. The highest BCUT2D eigenvalue weighted by Gasteiger charge is 2.06. The van der Waals surface area contributed by atoms with Gasteiger partial charge in [-0.3, -0.25) is 4.79 Å². The minimum Gasteiger partial charge on any atom is -0.493 e. The van der Waals surface area contributed by atoms with Crippen molar-refractivity contribution in [1.29, 1.82) is 0 Å². The number of Topliss-reactive ketones (excluding diaryl/α,β-unsaturated/α-hetero) is 1. The third-order valence-corrected chi connectivity index (χ3v) is 2.27. The second kappa shape index (κ2) is 7.01. The summed E-state index contributed by atoms with van der Waals surface area (Å²) in [5.41, 5.74) is 0.647. The van der Waals surface area contributed by atoms with Gasteiger partial charge in [0.15, 0.2) is 5.78 Å². The van der Waals surface area contributed by atoms with Crippen LogP contribution in [0.4, 0.5) is 0 Å². The summed E-state index contributed by atoms with van der Waals surface area (Å²) in [5.74, 6) is 0.708. The van der Waals surface area contributed by atoms with Crippen LogP contribution in [0.1, 0.15) is 30.1 Å². The Bertz CT molecular complexity index is 334. The van der Waals surface area contributed by atoms with Gasteiger partial charge in [0.25, 0.3) is 0 Å². The number of rotatable bonds is 7. The third kappa shape index (κ3) is 4.03. The Balaban J connectivity index is 2.44. The monoisotopic (exact) mass is 222 g/mol. The number of hydrogen-bond donors (Lipinski definition) is 0. The zero-order valence-corrected chi connectivity index (χ0v) is 9.86. The molecule has 0 atom stereocenters. The molecule has 0 aliphatic rings. The molecular formula is C13H18O3. The number of carbonyl (C=O) groups is 1. The fraction of sp³-hybridized carbons (Fsp3) is 0.462. The van der Waals surface area contributed by atoms with E-state index < -0.39 is 0 Å². The van der Waals surface area contributed by atoms with Crippen LogP contribution in [-0.2, 0) is 4.74 Å². The number of unbranched alkanes of at least 4 members (excludes halogenated alkanes) is 1. The van der Waals surface area contributed by atoms with Crippen molar-refractivity contribution >= 4 is 5.78 Å². The summed E-state index contributed by atoms with van der Waals surface area (Å²) in [7, 11) is 1.69. The average Bonchev–Trinajstić information content (AvgIpc) is 2.29. The van der Waals surface area contributed by atoms with Crippen LogP contribution in [-0.4, -0.2) is 26.1 Å². The summed E-state index contributed by atoms with van der Waals surface area (Å²) in [6.07, 6.45) is 1.90. The third-order valence-electron chi connectivity index (χ3n) is 2.27. The largest absolute Gasteiger partial charge is 0.493 e. The van der Waals surface area contributed by atoms with Crippen LogP contribution >= 0.6 is 0 Å². The van der Waals surface area contributed by atoms with Crippen molar-refractivity contribution in [1.82, 2.24) is 0 Å². The first-order chi connectivity index (χ1) is 7.75. The maximum atomic E-state index is 11.3. The lowest BCUT2D eigenvalue weighted by Crippen LogP contribution is -2.03. The molecular weight excluding hydrogens is 204 g/mol. The summed E-state index contributed by atoms with van der Waals surface area (Å²) in [4.78, 5) is 11.3. The molecule has 0 heterocycles. The van der Waals surface area contributed by atoms with E-state index in [1.165, 1.54) is 0 Å². The van der Waals surface area contributed by atoms with E-state index in [-0.39, 0.29) is 5.78 Å². The Labute approximate surface area is 96.4 Å². The molecule has 0 bridgehead atoms. The highest BCUT2D eigenvalue weighted by molar-refractivity contribution is 5.96. The van der Waals surface area contributed by atoms with Crippen molar-refractivity contribution in [2.24, 2.45) is 0 Å². The van der Waals surface area contributed by atoms with Crippen LogP contribution in [0, 0.1) is 0 Å². The Hall–Kier alpha value is -1.35. The van der Waals surface area contributed by atoms with Gasteiger partial charge in [0, 0.05) is 13.7 Å². The first-order valence-electron chi connectivity index (χ1n) is 5.47. The minimum atomic E-state index is 0.0347. The Morgan fingerprint density at radius 2 is 1.88 bits per heavy atom. The molecule has 0 aromatic heterocycles. The van der Waals surface area contributed by atoms with Gasteiger partial charge < -0.3 is 9.47 Å². The molecule has 1 rings (SSSR count). The summed E-state index contributed by atoms with van der Waals surface area (Å²) < 4.78 is 10.5. The lowest BCUT2D eigenvalue weighted by molar-refractivity contribution is 0.101. The SMILES string of the molecule is COCCCCOc1ccccc1C(C)=O. The molecule has 88 valence electrons. The van der Waals surface area contributed by atoms with Crippen molar-refractivity contribution in [3.05, 3.63) is 29.8 Å². The van der Waals surface area contributed by atoms with Crippen LogP contribution in [0.2, 0.25) is 0 Å². The number of ketones is 1. The first-order valence-corrected chi connectivity index (χ1v) is 5.47. The lowest BCUT2D eigenvalue weighted by atomic mass is 10.1. The van der Waals surface area contributed by atoms with Gasteiger partial charge >= 0.3 is 0 Å². The van der Waals surface area contributed by atoms with Crippen LogP contribution in [0.25, 0.3) is 0 Å². The molecule has 3 nitrogen and oxygen atoms in total. The number of hydrogen-bond acceptors (Lipinski definition) is 3. The average molecular weight is 222 g/mol. The first kappa shape index (κ1) is 12.7. The van der Waals surface area contributed by atoms with Gasteiger partial charge in [-0.25, -0.2) is 0 Å². The van der Waals surface area contributed by atoms with E-state index in [9.17, 15) is 4.79 Å². The molecule has 16 heavy (non-hydrogen) atoms. The van der Waals surface area contributed by atoms with E-state index in [1.54, 1.807) is 20.1 Å². The van der Waals surface area contributed by atoms with Crippen LogP contribution in [0.5, 0.6) is 5.75 Å². The van der Waals surface area contributed by atoms with Crippen LogP contribution in [0.15, 0.2) is 24.3 Å². The topological polar surface area (TPSA) is 35.5 Å². The molecule has 1 aromatic rings. The van der Waals surface area contributed by atoms with Crippen LogP contribution < -0.4 is 4.74 Å². The molecule has 0 unspecified atom stereocenters. The molecule has 0 spiro atoms. The Morgan fingerprint density at radius 1 is 1.19 bits per heavy atom. The van der Waals surface area contributed by atoms with Crippen molar-refractivity contribution in [3.63, 3.8) is 0 Å². The van der Waals surface area contributed by atoms with Gasteiger partial charge in [-0.1, -0.05) is 12.1 Å². The number of methoxy groups -OCH3 is 1.